The van der Waals surface area contributed by atoms with Crippen molar-refractivity contribution in [2.24, 2.45) is 0 Å². The first kappa shape index (κ1) is 17.6. The van der Waals surface area contributed by atoms with Crippen LogP contribution < -0.4 is 5.63 Å². The van der Waals surface area contributed by atoms with Crippen LogP contribution in [0.1, 0.15) is 12.5 Å². The Morgan fingerprint density at radius 2 is 1.81 bits per heavy atom. The van der Waals surface area contributed by atoms with Crippen LogP contribution in [0.2, 0.25) is 0 Å². The number of hydrogen-bond acceptors (Lipinski definition) is 6. The summed E-state index contributed by atoms with van der Waals surface area (Å²) in [7, 11) is 0. The molecule has 0 fully saturated rings. The highest BCUT2D eigenvalue weighted by Crippen LogP contribution is 2.43. The number of hydrogen-bond donors (Lipinski definition) is 4. The number of phenols is 2. The van der Waals surface area contributed by atoms with E-state index in [0.717, 1.165) is 6.07 Å². The van der Waals surface area contributed by atoms with E-state index in [2.05, 4.69) is 6.58 Å². The van der Waals surface area contributed by atoms with Gasteiger partial charge in [0.25, 0.3) is 0 Å². The fraction of sp³-hybridized carbons (Fsp3) is 0.150. The molecular weight excluding hydrogens is 336 g/mol. The van der Waals surface area contributed by atoms with Crippen molar-refractivity contribution in [3.63, 3.8) is 0 Å². The van der Waals surface area contributed by atoms with Crippen LogP contribution in [0.25, 0.3) is 22.1 Å². The molecule has 6 nitrogen and oxygen atoms in total. The monoisotopic (exact) mass is 354 g/mol. The van der Waals surface area contributed by atoms with E-state index in [1.807, 2.05) is 0 Å². The minimum atomic E-state index is -0.990. The van der Waals surface area contributed by atoms with Crippen molar-refractivity contribution in [1.29, 1.82) is 0 Å². The molecule has 0 saturated heterocycles. The standard InChI is InChI=1S/C20H18O6/c1-10(2)13(21)8-12-14(22)9-15-17(18(12)23)19(24)16(20(25)26-15)11-6-4-3-5-7-11/h3-7,9,13,21-24H,1,8H2,2H3. The van der Waals surface area contributed by atoms with Crippen molar-refractivity contribution in [2.75, 3.05) is 0 Å². The van der Waals surface area contributed by atoms with E-state index < -0.39 is 23.2 Å². The number of phenolic OH excluding ortho intramolecular Hbond substituents is 2. The molecular formula is C20H18O6. The summed E-state index contributed by atoms with van der Waals surface area (Å²) in [5.41, 5.74) is -0.138. The molecule has 0 aliphatic rings. The molecule has 3 aromatic rings. The second-order valence-electron chi connectivity index (χ2n) is 6.14. The number of aliphatic hydroxyl groups excluding tert-OH is 1. The van der Waals surface area contributed by atoms with Gasteiger partial charge in [-0.3, -0.25) is 0 Å². The quantitative estimate of drug-likeness (QED) is 0.423. The molecule has 26 heavy (non-hydrogen) atoms. The molecule has 1 atom stereocenters. The molecule has 3 rings (SSSR count). The van der Waals surface area contributed by atoms with Crippen molar-refractivity contribution < 1.29 is 24.8 Å². The number of rotatable bonds is 4. The van der Waals surface area contributed by atoms with Crippen molar-refractivity contribution in [3.8, 4) is 28.4 Å². The van der Waals surface area contributed by atoms with Gasteiger partial charge in [0.15, 0.2) is 0 Å². The summed E-state index contributed by atoms with van der Waals surface area (Å²) in [5.74, 6) is -1.27. The summed E-state index contributed by atoms with van der Waals surface area (Å²) in [6.45, 7) is 5.25. The van der Waals surface area contributed by atoms with Gasteiger partial charge in [0.2, 0.25) is 0 Å². The lowest BCUT2D eigenvalue weighted by molar-refractivity contribution is 0.209. The molecule has 0 aliphatic carbocycles. The molecule has 1 unspecified atom stereocenters. The molecule has 0 aliphatic heterocycles. The number of aliphatic hydroxyl groups is 1. The van der Waals surface area contributed by atoms with Gasteiger partial charge in [-0.15, -0.1) is 0 Å². The molecule has 0 saturated carbocycles. The zero-order chi connectivity index (χ0) is 19.0. The first-order chi connectivity index (χ1) is 12.3. The van der Waals surface area contributed by atoms with E-state index in [1.54, 1.807) is 37.3 Å². The van der Waals surface area contributed by atoms with Crippen LogP contribution in [-0.2, 0) is 6.42 Å². The van der Waals surface area contributed by atoms with E-state index in [0.29, 0.717) is 11.1 Å². The maximum absolute atomic E-state index is 12.3. The normalized spacial score (nSPS) is 12.2. The largest absolute Gasteiger partial charge is 0.507 e. The van der Waals surface area contributed by atoms with Crippen LogP contribution >= 0.6 is 0 Å². The van der Waals surface area contributed by atoms with E-state index in [1.165, 1.54) is 0 Å². The highest BCUT2D eigenvalue weighted by atomic mass is 16.4. The van der Waals surface area contributed by atoms with Crippen molar-refractivity contribution in [1.82, 2.24) is 0 Å². The summed E-state index contributed by atoms with van der Waals surface area (Å²) in [4.78, 5) is 12.3. The fourth-order valence-corrected chi connectivity index (χ4v) is 2.78. The second kappa shape index (κ2) is 6.57. The lowest BCUT2D eigenvalue weighted by Gasteiger charge is -2.15. The van der Waals surface area contributed by atoms with Gasteiger partial charge in [0.05, 0.1) is 6.10 Å². The third kappa shape index (κ3) is 2.91. The Morgan fingerprint density at radius 3 is 2.42 bits per heavy atom. The summed E-state index contributed by atoms with van der Waals surface area (Å²) >= 11 is 0. The van der Waals surface area contributed by atoms with Crippen LogP contribution in [0.3, 0.4) is 0 Å². The molecule has 4 N–H and O–H groups in total. The fourth-order valence-electron chi connectivity index (χ4n) is 2.78. The summed E-state index contributed by atoms with van der Waals surface area (Å²) in [6.07, 6.45) is -1.10. The minimum Gasteiger partial charge on any atom is -0.507 e. The molecule has 0 radical (unpaired) electrons. The maximum atomic E-state index is 12.3. The molecule has 0 amide bonds. The molecule has 1 aromatic heterocycles. The predicted octanol–water partition coefficient (Wildman–Crippen LogP) is 3.06. The van der Waals surface area contributed by atoms with Crippen molar-refractivity contribution >= 4 is 11.0 Å². The van der Waals surface area contributed by atoms with Gasteiger partial charge >= 0.3 is 5.63 Å². The average molecular weight is 354 g/mol. The highest BCUT2D eigenvalue weighted by molar-refractivity contribution is 5.96. The van der Waals surface area contributed by atoms with Gasteiger partial charge in [-0.1, -0.05) is 42.5 Å². The summed E-state index contributed by atoms with van der Waals surface area (Å²) in [5, 5.41) is 41.2. The zero-order valence-electron chi connectivity index (χ0n) is 14.1. The Balaban J connectivity index is 2.30. The Morgan fingerprint density at radius 1 is 1.15 bits per heavy atom. The first-order valence-electron chi connectivity index (χ1n) is 7.93. The summed E-state index contributed by atoms with van der Waals surface area (Å²) in [6, 6.07) is 9.54. The number of aromatic hydroxyl groups is 3. The third-order valence-electron chi connectivity index (χ3n) is 4.26. The highest BCUT2D eigenvalue weighted by Gasteiger charge is 2.23. The smallest absolute Gasteiger partial charge is 0.347 e. The predicted molar refractivity (Wildman–Crippen MR) is 97.4 cm³/mol. The Labute approximate surface area is 148 Å². The topological polar surface area (TPSA) is 111 Å². The van der Waals surface area contributed by atoms with E-state index >= 15 is 0 Å². The van der Waals surface area contributed by atoms with Gasteiger partial charge in [-0.05, 0) is 12.5 Å². The Bertz CT molecular complexity index is 1050. The van der Waals surface area contributed by atoms with E-state index in [4.69, 9.17) is 4.42 Å². The lowest BCUT2D eigenvalue weighted by atomic mass is 9.97. The average Bonchev–Trinajstić information content (AvgIpc) is 2.58. The molecule has 2 aromatic carbocycles. The van der Waals surface area contributed by atoms with Crippen LogP contribution in [0.5, 0.6) is 17.2 Å². The Kier molecular flexibility index (Phi) is 4.44. The molecule has 0 bridgehead atoms. The maximum Gasteiger partial charge on any atom is 0.347 e. The number of fused-ring (bicyclic) bond motifs is 1. The van der Waals surface area contributed by atoms with Gasteiger partial charge in [0.1, 0.15) is 33.8 Å². The molecule has 0 spiro atoms. The minimum absolute atomic E-state index is 0.0242. The van der Waals surface area contributed by atoms with Crippen molar-refractivity contribution in [3.05, 3.63) is 64.5 Å². The van der Waals surface area contributed by atoms with Crippen LogP contribution in [0.4, 0.5) is 0 Å². The van der Waals surface area contributed by atoms with Crippen LogP contribution in [0.15, 0.2) is 57.8 Å². The van der Waals surface area contributed by atoms with Crippen LogP contribution in [0, 0.1) is 0 Å². The summed E-state index contributed by atoms with van der Waals surface area (Å²) < 4.78 is 5.18. The molecule has 1 heterocycles. The van der Waals surface area contributed by atoms with Gasteiger partial charge in [-0.25, -0.2) is 4.79 Å². The van der Waals surface area contributed by atoms with Gasteiger partial charge in [0, 0.05) is 18.1 Å². The van der Waals surface area contributed by atoms with Crippen molar-refractivity contribution in [2.45, 2.75) is 19.4 Å². The Hall–Kier alpha value is -3.25. The van der Waals surface area contributed by atoms with Crippen LogP contribution in [-0.4, -0.2) is 26.5 Å². The lowest BCUT2D eigenvalue weighted by Crippen LogP contribution is -2.11. The SMILES string of the molecule is C=C(C)C(O)Cc1c(O)cc2oc(=O)c(-c3ccccc3)c(O)c2c1O. The van der Waals surface area contributed by atoms with Gasteiger partial charge in [-0.2, -0.15) is 0 Å². The van der Waals surface area contributed by atoms with E-state index in [9.17, 15) is 25.2 Å². The first-order valence-corrected chi connectivity index (χ1v) is 7.93. The molecule has 134 valence electrons. The van der Waals surface area contributed by atoms with Gasteiger partial charge < -0.3 is 24.8 Å². The zero-order valence-corrected chi connectivity index (χ0v) is 14.1. The van der Waals surface area contributed by atoms with E-state index in [-0.39, 0.29) is 34.3 Å². The number of benzene rings is 2. The molecule has 6 heteroatoms. The third-order valence-corrected chi connectivity index (χ3v) is 4.26. The second-order valence-corrected chi connectivity index (χ2v) is 6.14.